The Morgan fingerprint density at radius 3 is 2.52 bits per heavy atom. The normalized spacial score (nSPS) is 16.1. The first-order valence-electron chi connectivity index (χ1n) is 15.6. The van der Waals surface area contributed by atoms with Crippen LogP contribution in [0.2, 0.25) is 0 Å². The molecule has 1 amide bonds. The molecule has 224 valence electrons. The van der Waals surface area contributed by atoms with E-state index in [0.29, 0.717) is 32.2 Å². The lowest BCUT2D eigenvalue weighted by atomic mass is 9.81. The van der Waals surface area contributed by atoms with Gasteiger partial charge in [-0.15, -0.1) is 0 Å². The fourth-order valence-electron chi connectivity index (χ4n) is 6.93. The van der Waals surface area contributed by atoms with Crippen molar-refractivity contribution >= 4 is 33.7 Å². The molecule has 2 fully saturated rings. The predicted octanol–water partition coefficient (Wildman–Crippen LogP) is 6.83. The van der Waals surface area contributed by atoms with E-state index < -0.39 is 5.97 Å². The van der Waals surface area contributed by atoms with Crippen molar-refractivity contribution in [1.82, 2.24) is 19.4 Å². The van der Waals surface area contributed by atoms with E-state index in [2.05, 4.69) is 27.8 Å². The highest BCUT2D eigenvalue weighted by Gasteiger charge is 2.29. The summed E-state index contributed by atoms with van der Waals surface area (Å²) in [5, 5.41) is 11.9. The standard InChI is InChI=1S/C36H36N4O4/c1-23-13-14-37-31(19-23)30-12-8-25-20-26(9-11-29(25)38-30)35-34(24-5-3-2-4-6-24)28-10-7-27(36(42)43)21-32(28)40(35)22-33(41)39-15-17-44-18-16-39/h7-14,19-21,24H,2-6,15-18,22H2,1H3,(H,42,43). The van der Waals surface area contributed by atoms with E-state index in [9.17, 15) is 14.7 Å². The number of hydrogen-bond donors (Lipinski definition) is 1. The largest absolute Gasteiger partial charge is 0.478 e. The number of hydrogen-bond acceptors (Lipinski definition) is 5. The molecular formula is C36H36N4O4. The minimum absolute atomic E-state index is 0.0140. The van der Waals surface area contributed by atoms with Gasteiger partial charge < -0.3 is 19.3 Å². The van der Waals surface area contributed by atoms with Crippen molar-refractivity contribution in [2.75, 3.05) is 26.3 Å². The Labute approximate surface area is 256 Å². The van der Waals surface area contributed by atoms with Crippen LogP contribution in [-0.2, 0) is 16.1 Å². The smallest absolute Gasteiger partial charge is 0.335 e. The third-order valence-corrected chi connectivity index (χ3v) is 9.16. The Bertz CT molecular complexity index is 1880. The molecule has 8 nitrogen and oxygen atoms in total. The van der Waals surface area contributed by atoms with Crippen molar-refractivity contribution in [2.24, 2.45) is 0 Å². The maximum atomic E-state index is 13.7. The van der Waals surface area contributed by atoms with Crippen molar-refractivity contribution in [1.29, 1.82) is 0 Å². The van der Waals surface area contributed by atoms with E-state index in [-0.39, 0.29) is 18.0 Å². The summed E-state index contributed by atoms with van der Waals surface area (Å²) in [5.41, 5.74) is 7.90. The number of ether oxygens (including phenoxy) is 1. The van der Waals surface area contributed by atoms with Gasteiger partial charge >= 0.3 is 5.97 Å². The number of carboxylic acids is 1. The molecule has 7 rings (SSSR count). The second kappa shape index (κ2) is 11.8. The van der Waals surface area contributed by atoms with Crippen LogP contribution in [0.15, 0.2) is 66.9 Å². The molecule has 0 bridgehead atoms. The van der Waals surface area contributed by atoms with Gasteiger partial charge in [0.25, 0.3) is 0 Å². The molecule has 1 aliphatic carbocycles. The van der Waals surface area contributed by atoms with E-state index >= 15 is 0 Å². The van der Waals surface area contributed by atoms with Crippen molar-refractivity contribution in [3.05, 3.63) is 83.6 Å². The Hall–Kier alpha value is -4.56. The van der Waals surface area contributed by atoms with Gasteiger partial charge in [0.15, 0.2) is 0 Å². The van der Waals surface area contributed by atoms with Crippen LogP contribution in [0, 0.1) is 6.92 Å². The van der Waals surface area contributed by atoms with Crippen LogP contribution >= 0.6 is 0 Å². The van der Waals surface area contributed by atoms with Crippen molar-refractivity contribution in [2.45, 2.75) is 51.5 Å². The Morgan fingerprint density at radius 2 is 1.75 bits per heavy atom. The molecule has 0 spiro atoms. The highest BCUT2D eigenvalue weighted by molar-refractivity contribution is 6.00. The van der Waals surface area contributed by atoms with Crippen molar-refractivity contribution < 1.29 is 19.4 Å². The number of morpholine rings is 1. The van der Waals surface area contributed by atoms with Crippen LogP contribution in [0.25, 0.3) is 44.5 Å². The molecule has 5 aromatic rings. The van der Waals surface area contributed by atoms with Gasteiger partial charge in [0.05, 0.1) is 46.9 Å². The summed E-state index contributed by atoms with van der Waals surface area (Å²) in [6.45, 7) is 4.35. The van der Waals surface area contributed by atoms with Gasteiger partial charge in [0.2, 0.25) is 5.91 Å². The number of fused-ring (bicyclic) bond motifs is 2. The Kier molecular flexibility index (Phi) is 7.60. The molecule has 1 N–H and O–H groups in total. The van der Waals surface area contributed by atoms with Gasteiger partial charge in [-0.05, 0) is 84.8 Å². The number of nitrogens with zero attached hydrogens (tertiary/aromatic N) is 4. The number of carbonyl (C=O) groups is 2. The van der Waals surface area contributed by atoms with Crippen LogP contribution in [0.5, 0.6) is 0 Å². The van der Waals surface area contributed by atoms with E-state index in [4.69, 9.17) is 9.72 Å². The molecule has 44 heavy (non-hydrogen) atoms. The lowest BCUT2D eigenvalue weighted by Gasteiger charge is -2.28. The number of aromatic nitrogens is 3. The van der Waals surface area contributed by atoms with Crippen LogP contribution in [0.1, 0.15) is 59.5 Å². The number of amides is 1. The molecule has 1 saturated heterocycles. The molecule has 1 saturated carbocycles. The second-order valence-electron chi connectivity index (χ2n) is 12.0. The predicted molar refractivity (Wildman–Crippen MR) is 171 cm³/mol. The van der Waals surface area contributed by atoms with Crippen molar-refractivity contribution in [3.8, 4) is 22.6 Å². The second-order valence-corrected chi connectivity index (χ2v) is 12.0. The number of pyridine rings is 2. The third-order valence-electron chi connectivity index (χ3n) is 9.16. The van der Waals surface area contributed by atoms with Crippen LogP contribution in [0.3, 0.4) is 0 Å². The number of carbonyl (C=O) groups excluding carboxylic acids is 1. The summed E-state index contributed by atoms with van der Waals surface area (Å²) in [6, 6.07) is 19.8. The molecule has 3 aromatic heterocycles. The number of aromatic carboxylic acids is 1. The summed E-state index contributed by atoms with van der Waals surface area (Å²) < 4.78 is 7.57. The highest BCUT2D eigenvalue weighted by Crippen LogP contribution is 2.45. The van der Waals surface area contributed by atoms with Crippen LogP contribution in [0.4, 0.5) is 0 Å². The van der Waals surface area contributed by atoms with E-state index in [1.54, 1.807) is 18.3 Å². The van der Waals surface area contributed by atoms with E-state index in [1.807, 2.05) is 42.2 Å². The third kappa shape index (κ3) is 5.35. The van der Waals surface area contributed by atoms with E-state index in [1.165, 1.54) is 12.0 Å². The molecular weight excluding hydrogens is 552 g/mol. The van der Waals surface area contributed by atoms with Gasteiger partial charge in [-0.3, -0.25) is 9.78 Å². The first-order valence-corrected chi connectivity index (χ1v) is 15.6. The Balaban J connectivity index is 1.41. The molecule has 4 heterocycles. The lowest BCUT2D eigenvalue weighted by Crippen LogP contribution is -2.42. The van der Waals surface area contributed by atoms with Gasteiger partial charge in [-0.25, -0.2) is 9.78 Å². The fraction of sp³-hybridized carbons (Fsp3) is 0.333. The van der Waals surface area contributed by atoms with Gasteiger partial charge in [-0.2, -0.15) is 0 Å². The van der Waals surface area contributed by atoms with Gasteiger partial charge in [0, 0.05) is 30.1 Å². The summed E-state index contributed by atoms with van der Waals surface area (Å²) in [6.07, 6.45) is 7.50. The van der Waals surface area contributed by atoms with Crippen LogP contribution < -0.4 is 0 Å². The monoisotopic (exact) mass is 588 g/mol. The van der Waals surface area contributed by atoms with Gasteiger partial charge in [0.1, 0.15) is 6.54 Å². The highest BCUT2D eigenvalue weighted by atomic mass is 16.5. The summed E-state index contributed by atoms with van der Waals surface area (Å²) in [7, 11) is 0. The van der Waals surface area contributed by atoms with Gasteiger partial charge in [-0.1, -0.05) is 37.5 Å². The van der Waals surface area contributed by atoms with Crippen molar-refractivity contribution in [3.63, 3.8) is 0 Å². The number of carboxylic acid groups (broad SMARTS) is 1. The zero-order chi connectivity index (χ0) is 30.2. The molecule has 2 aromatic carbocycles. The molecule has 2 aliphatic rings. The maximum Gasteiger partial charge on any atom is 0.335 e. The SMILES string of the molecule is Cc1ccnc(-c2ccc3cc(-c4c(C5CCCCC5)c5ccc(C(=O)O)cc5n4CC(=O)N4CCOCC4)ccc3n2)c1. The minimum atomic E-state index is -0.976. The fourth-order valence-corrected chi connectivity index (χ4v) is 6.93. The quantitative estimate of drug-likeness (QED) is 0.234. The summed E-state index contributed by atoms with van der Waals surface area (Å²) in [4.78, 5) is 37.1. The molecule has 8 heteroatoms. The zero-order valence-corrected chi connectivity index (χ0v) is 25.0. The molecule has 1 aliphatic heterocycles. The number of rotatable bonds is 6. The first-order chi connectivity index (χ1) is 21.5. The topological polar surface area (TPSA) is 97.5 Å². The maximum absolute atomic E-state index is 13.7. The Morgan fingerprint density at radius 1 is 0.932 bits per heavy atom. The zero-order valence-electron chi connectivity index (χ0n) is 25.0. The number of benzene rings is 2. The first kappa shape index (κ1) is 28.2. The molecule has 0 unspecified atom stereocenters. The molecule has 0 radical (unpaired) electrons. The average molecular weight is 589 g/mol. The summed E-state index contributed by atoms with van der Waals surface area (Å²) in [5.74, 6) is -0.629. The minimum Gasteiger partial charge on any atom is -0.478 e. The lowest BCUT2D eigenvalue weighted by molar-refractivity contribution is -0.135. The van der Waals surface area contributed by atoms with Crippen LogP contribution in [-0.4, -0.2) is 62.7 Å². The molecule has 0 atom stereocenters. The van der Waals surface area contributed by atoms with E-state index in [0.717, 1.165) is 75.7 Å². The number of aryl methyl sites for hydroxylation is 1. The summed E-state index contributed by atoms with van der Waals surface area (Å²) >= 11 is 0. The average Bonchev–Trinajstić information content (AvgIpc) is 3.38.